The average molecular weight is 359 g/mol. The maximum Gasteiger partial charge on any atom is 0.274 e. The minimum absolute atomic E-state index is 0.0292. The van der Waals surface area contributed by atoms with Gasteiger partial charge in [-0.25, -0.2) is 0 Å². The number of nitrogens with one attached hydrogen (secondary N) is 1. The van der Waals surface area contributed by atoms with E-state index in [2.05, 4.69) is 5.32 Å². The van der Waals surface area contributed by atoms with Crippen LogP contribution in [0.3, 0.4) is 0 Å². The van der Waals surface area contributed by atoms with Gasteiger partial charge in [0.25, 0.3) is 5.69 Å². The van der Waals surface area contributed by atoms with Crippen LogP contribution >= 0.6 is 0 Å². The van der Waals surface area contributed by atoms with Gasteiger partial charge in [-0.05, 0) is 25.8 Å². The van der Waals surface area contributed by atoms with Gasteiger partial charge in [0.1, 0.15) is 0 Å². The van der Waals surface area contributed by atoms with Gasteiger partial charge < -0.3 is 5.32 Å². The number of likely N-dealkylation sites (tertiary alicyclic amines) is 1. The lowest BCUT2D eigenvalue weighted by atomic mass is 9.81. The van der Waals surface area contributed by atoms with Crippen molar-refractivity contribution in [2.75, 3.05) is 11.9 Å². The van der Waals surface area contributed by atoms with E-state index in [1.54, 1.807) is 19.1 Å². The van der Waals surface area contributed by atoms with Gasteiger partial charge in [0.15, 0.2) is 0 Å². The van der Waals surface area contributed by atoms with Crippen LogP contribution in [0.5, 0.6) is 0 Å². The van der Waals surface area contributed by atoms with Gasteiger partial charge in [0, 0.05) is 30.3 Å². The molecule has 1 heterocycles. The summed E-state index contributed by atoms with van der Waals surface area (Å²) in [5.74, 6) is -1.17. The summed E-state index contributed by atoms with van der Waals surface area (Å²) in [5, 5.41) is 13.6. The first-order valence-electron chi connectivity index (χ1n) is 8.78. The summed E-state index contributed by atoms with van der Waals surface area (Å²) >= 11 is 0. The van der Waals surface area contributed by atoms with E-state index in [1.807, 2.05) is 0 Å². The molecule has 0 aromatic heterocycles. The second-order valence-corrected chi connectivity index (χ2v) is 6.88. The van der Waals surface area contributed by atoms with Crippen LogP contribution in [0.25, 0.3) is 0 Å². The molecule has 0 spiro atoms. The fraction of sp³-hybridized carbons (Fsp3) is 0.500. The van der Waals surface area contributed by atoms with E-state index in [-0.39, 0.29) is 42.3 Å². The number of carbonyl (C=O) groups is 3. The molecule has 3 amide bonds. The Labute approximate surface area is 150 Å². The van der Waals surface area contributed by atoms with Crippen molar-refractivity contribution in [2.24, 2.45) is 11.8 Å². The standard InChI is InChI=1S/C18H21N3O5/c1-11-6-7-12(10-15(11)21(25)26)19-16(22)8-9-20-17(23)13-4-2-3-5-14(13)18(20)24/h6-7,10,13-14H,2-5,8-9H2,1H3,(H,19,22)/t13-,14-/m0/s1. The Balaban J connectivity index is 1.59. The Hall–Kier alpha value is -2.77. The number of benzene rings is 1. The Morgan fingerprint density at radius 2 is 1.85 bits per heavy atom. The average Bonchev–Trinajstić information content (AvgIpc) is 2.86. The number of fused-ring (bicyclic) bond motifs is 1. The molecule has 0 radical (unpaired) electrons. The summed E-state index contributed by atoms with van der Waals surface area (Å²) in [6.45, 7) is 1.66. The zero-order valence-electron chi connectivity index (χ0n) is 14.6. The third kappa shape index (κ3) is 3.44. The van der Waals surface area contributed by atoms with Gasteiger partial charge in [0.05, 0.1) is 16.8 Å². The highest BCUT2D eigenvalue weighted by atomic mass is 16.6. The first-order chi connectivity index (χ1) is 12.4. The van der Waals surface area contributed by atoms with Crippen LogP contribution < -0.4 is 5.32 Å². The number of carbonyl (C=O) groups excluding carboxylic acids is 3. The van der Waals surface area contributed by atoms with Gasteiger partial charge >= 0.3 is 0 Å². The van der Waals surface area contributed by atoms with E-state index in [0.717, 1.165) is 25.7 Å². The van der Waals surface area contributed by atoms with Crippen LogP contribution in [-0.2, 0) is 14.4 Å². The summed E-state index contributed by atoms with van der Waals surface area (Å²) in [6, 6.07) is 4.45. The predicted octanol–water partition coefficient (Wildman–Crippen LogP) is 2.41. The van der Waals surface area contributed by atoms with Crippen LogP contribution in [0.2, 0.25) is 0 Å². The Bertz CT molecular complexity index is 752. The van der Waals surface area contributed by atoms with E-state index in [9.17, 15) is 24.5 Å². The van der Waals surface area contributed by atoms with E-state index in [1.165, 1.54) is 11.0 Å². The molecule has 3 rings (SSSR count). The number of anilines is 1. The summed E-state index contributed by atoms with van der Waals surface area (Å²) in [6.07, 6.45) is 3.37. The second kappa shape index (κ2) is 7.23. The largest absolute Gasteiger partial charge is 0.326 e. The van der Waals surface area contributed by atoms with Crippen molar-refractivity contribution in [1.82, 2.24) is 4.90 Å². The minimum atomic E-state index is -0.506. The Morgan fingerprint density at radius 1 is 1.23 bits per heavy atom. The maximum atomic E-state index is 12.4. The highest BCUT2D eigenvalue weighted by Crippen LogP contribution is 2.38. The molecule has 26 heavy (non-hydrogen) atoms. The van der Waals surface area contributed by atoms with Crippen molar-refractivity contribution >= 4 is 29.1 Å². The Kier molecular flexibility index (Phi) is 5.01. The molecule has 2 fully saturated rings. The molecule has 0 unspecified atom stereocenters. The van der Waals surface area contributed by atoms with Crippen LogP contribution in [0.15, 0.2) is 18.2 Å². The highest BCUT2D eigenvalue weighted by Gasteiger charge is 2.47. The topological polar surface area (TPSA) is 110 Å². The van der Waals surface area contributed by atoms with Gasteiger partial charge in [-0.2, -0.15) is 0 Å². The van der Waals surface area contributed by atoms with Gasteiger partial charge in [0.2, 0.25) is 17.7 Å². The van der Waals surface area contributed by atoms with Crippen molar-refractivity contribution in [3.63, 3.8) is 0 Å². The predicted molar refractivity (Wildman–Crippen MR) is 93.2 cm³/mol. The van der Waals surface area contributed by atoms with Gasteiger partial charge in [-0.15, -0.1) is 0 Å². The fourth-order valence-corrected chi connectivity index (χ4v) is 3.77. The molecule has 8 nitrogen and oxygen atoms in total. The van der Waals surface area contributed by atoms with Crippen molar-refractivity contribution in [1.29, 1.82) is 0 Å². The summed E-state index contributed by atoms with van der Waals surface area (Å²) in [4.78, 5) is 48.6. The molecule has 0 bridgehead atoms. The van der Waals surface area contributed by atoms with Crippen molar-refractivity contribution in [3.8, 4) is 0 Å². The smallest absolute Gasteiger partial charge is 0.274 e. The summed E-state index contributed by atoms with van der Waals surface area (Å²) in [5.41, 5.74) is 0.751. The Morgan fingerprint density at radius 3 is 2.42 bits per heavy atom. The number of aryl methyl sites for hydroxylation is 1. The highest BCUT2D eigenvalue weighted by molar-refractivity contribution is 6.05. The number of hydrogen-bond acceptors (Lipinski definition) is 5. The number of amides is 3. The lowest BCUT2D eigenvalue weighted by molar-refractivity contribution is -0.385. The molecule has 138 valence electrons. The zero-order valence-corrected chi connectivity index (χ0v) is 14.6. The zero-order chi connectivity index (χ0) is 18.8. The molecule has 2 atom stereocenters. The van der Waals surface area contributed by atoms with Gasteiger partial charge in [-0.1, -0.05) is 18.9 Å². The van der Waals surface area contributed by atoms with Crippen LogP contribution in [0.4, 0.5) is 11.4 Å². The third-order valence-corrected chi connectivity index (χ3v) is 5.18. The summed E-state index contributed by atoms with van der Waals surface area (Å²) in [7, 11) is 0. The molecule has 1 aromatic rings. The first kappa shape index (κ1) is 18.0. The number of imide groups is 1. The number of hydrogen-bond donors (Lipinski definition) is 1. The van der Waals surface area contributed by atoms with Crippen molar-refractivity contribution in [2.45, 2.75) is 39.0 Å². The molecule has 1 aliphatic heterocycles. The monoisotopic (exact) mass is 359 g/mol. The number of nitro benzene ring substituents is 1. The first-order valence-corrected chi connectivity index (χ1v) is 8.78. The third-order valence-electron chi connectivity index (χ3n) is 5.18. The molecule has 1 aromatic carbocycles. The van der Waals surface area contributed by atoms with E-state index >= 15 is 0 Å². The molecule has 1 saturated carbocycles. The normalized spacial score (nSPS) is 22.3. The summed E-state index contributed by atoms with van der Waals surface area (Å²) < 4.78 is 0. The maximum absolute atomic E-state index is 12.4. The number of nitrogens with zero attached hydrogens (tertiary/aromatic N) is 2. The second-order valence-electron chi connectivity index (χ2n) is 6.88. The quantitative estimate of drug-likeness (QED) is 0.493. The number of rotatable bonds is 5. The van der Waals surface area contributed by atoms with Gasteiger partial charge in [-0.3, -0.25) is 29.4 Å². The van der Waals surface area contributed by atoms with Crippen molar-refractivity contribution in [3.05, 3.63) is 33.9 Å². The molecular weight excluding hydrogens is 338 g/mol. The number of nitro groups is 1. The molecule has 1 aliphatic carbocycles. The fourth-order valence-electron chi connectivity index (χ4n) is 3.77. The molecule has 2 aliphatic rings. The van der Waals surface area contributed by atoms with Crippen LogP contribution in [0.1, 0.15) is 37.7 Å². The van der Waals surface area contributed by atoms with E-state index in [0.29, 0.717) is 11.3 Å². The van der Waals surface area contributed by atoms with Crippen molar-refractivity contribution < 1.29 is 19.3 Å². The SMILES string of the molecule is Cc1ccc(NC(=O)CCN2C(=O)[C@H]3CCCC[C@@H]3C2=O)cc1[N+](=O)[O-]. The molecule has 1 saturated heterocycles. The van der Waals surface area contributed by atoms with E-state index in [4.69, 9.17) is 0 Å². The molecule has 8 heteroatoms. The lowest BCUT2D eigenvalue weighted by Crippen LogP contribution is -2.34. The molecular formula is C18H21N3O5. The molecule has 1 N–H and O–H groups in total. The van der Waals surface area contributed by atoms with Crippen LogP contribution in [-0.4, -0.2) is 34.1 Å². The van der Waals surface area contributed by atoms with E-state index < -0.39 is 10.8 Å². The van der Waals surface area contributed by atoms with Crippen LogP contribution in [0, 0.1) is 28.9 Å². The lowest BCUT2D eigenvalue weighted by Gasteiger charge is -2.19. The minimum Gasteiger partial charge on any atom is -0.326 e.